The zero-order valence-electron chi connectivity index (χ0n) is 16.1. The van der Waals surface area contributed by atoms with Crippen molar-refractivity contribution in [3.63, 3.8) is 0 Å². The Kier molecular flexibility index (Phi) is 6.15. The molecule has 26 heavy (non-hydrogen) atoms. The van der Waals surface area contributed by atoms with Gasteiger partial charge >= 0.3 is 0 Å². The minimum absolute atomic E-state index is 0.431. The van der Waals surface area contributed by atoms with E-state index in [1.165, 1.54) is 16.8 Å². The minimum Gasteiger partial charge on any atom is -0.369 e. The second kappa shape index (κ2) is 8.74. The van der Waals surface area contributed by atoms with Gasteiger partial charge in [0.2, 0.25) is 0 Å². The number of hydrogen-bond donors (Lipinski definition) is 2. The van der Waals surface area contributed by atoms with E-state index in [4.69, 9.17) is 0 Å². The number of guanidine groups is 1. The van der Waals surface area contributed by atoms with Gasteiger partial charge in [-0.15, -0.1) is 0 Å². The van der Waals surface area contributed by atoms with Crippen LogP contribution < -0.4 is 15.5 Å². The van der Waals surface area contributed by atoms with Crippen molar-refractivity contribution < 1.29 is 0 Å². The first-order valence-electron chi connectivity index (χ1n) is 9.40. The maximum atomic E-state index is 4.37. The molecule has 1 aliphatic rings. The number of aromatic nitrogens is 2. The topological polar surface area (TPSA) is 57.5 Å². The van der Waals surface area contributed by atoms with Crippen molar-refractivity contribution in [3.05, 3.63) is 47.8 Å². The first-order chi connectivity index (χ1) is 12.6. The molecule has 2 N–H and O–H groups in total. The second-order valence-corrected chi connectivity index (χ2v) is 7.04. The highest BCUT2D eigenvalue weighted by atomic mass is 15.2. The number of aliphatic imine (C=N–C) groups is 1. The second-order valence-electron chi connectivity index (χ2n) is 7.04. The molecule has 1 aliphatic heterocycles. The van der Waals surface area contributed by atoms with E-state index in [1.807, 2.05) is 25.0 Å². The van der Waals surface area contributed by atoms with E-state index in [0.29, 0.717) is 6.04 Å². The molecule has 0 amide bonds. The normalized spacial score (nSPS) is 17.6. The maximum absolute atomic E-state index is 4.37. The first-order valence-corrected chi connectivity index (χ1v) is 9.40. The van der Waals surface area contributed by atoms with Gasteiger partial charge in [0.1, 0.15) is 0 Å². The van der Waals surface area contributed by atoms with Crippen LogP contribution in [0, 0.1) is 6.92 Å². The third kappa shape index (κ3) is 5.00. The van der Waals surface area contributed by atoms with Crippen LogP contribution in [-0.4, -0.2) is 48.5 Å². The third-order valence-corrected chi connectivity index (χ3v) is 4.84. The van der Waals surface area contributed by atoms with Crippen LogP contribution >= 0.6 is 0 Å². The molecule has 1 aromatic heterocycles. The summed E-state index contributed by atoms with van der Waals surface area (Å²) < 4.78 is 1.85. The van der Waals surface area contributed by atoms with Crippen LogP contribution in [0.1, 0.15) is 24.0 Å². The largest absolute Gasteiger partial charge is 0.369 e. The van der Waals surface area contributed by atoms with Gasteiger partial charge in [-0.25, -0.2) is 0 Å². The predicted octanol–water partition coefficient (Wildman–Crippen LogP) is 2.11. The molecule has 0 spiro atoms. The van der Waals surface area contributed by atoms with Gasteiger partial charge in [-0.1, -0.05) is 17.7 Å². The summed E-state index contributed by atoms with van der Waals surface area (Å²) in [6.07, 6.45) is 7.23. The molecule has 140 valence electrons. The van der Waals surface area contributed by atoms with E-state index in [0.717, 1.165) is 44.9 Å². The summed E-state index contributed by atoms with van der Waals surface area (Å²) in [6, 6.07) is 9.21. The van der Waals surface area contributed by atoms with E-state index < -0.39 is 0 Å². The molecule has 0 bridgehead atoms. The molecule has 2 aromatic rings. The smallest absolute Gasteiger partial charge is 0.191 e. The highest BCUT2D eigenvalue weighted by Crippen LogP contribution is 2.20. The Balaban J connectivity index is 1.40. The lowest BCUT2D eigenvalue weighted by atomic mass is 10.2. The highest BCUT2D eigenvalue weighted by molar-refractivity contribution is 5.80. The summed E-state index contributed by atoms with van der Waals surface area (Å²) >= 11 is 0. The molecular weight excluding hydrogens is 324 g/mol. The lowest BCUT2D eigenvalue weighted by Gasteiger charge is -2.20. The Morgan fingerprint density at radius 1 is 1.31 bits per heavy atom. The molecule has 1 atom stereocenters. The number of anilines is 1. The summed E-state index contributed by atoms with van der Waals surface area (Å²) in [5, 5.41) is 11.2. The summed E-state index contributed by atoms with van der Waals surface area (Å²) in [5.74, 6) is 0.895. The minimum atomic E-state index is 0.431. The number of rotatable bonds is 6. The third-order valence-electron chi connectivity index (χ3n) is 4.84. The fourth-order valence-corrected chi connectivity index (χ4v) is 3.36. The molecule has 0 radical (unpaired) electrons. The van der Waals surface area contributed by atoms with Crippen LogP contribution in [0.5, 0.6) is 0 Å². The van der Waals surface area contributed by atoms with E-state index in [-0.39, 0.29) is 0 Å². The van der Waals surface area contributed by atoms with Gasteiger partial charge in [0, 0.05) is 51.7 Å². The van der Waals surface area contributed by atoms with Crippen LogP contribution in [0.15, 0.2) is 41.7 Å². The van der Waals surface area contributed by atoms with E-state index in [2.05, 4.69) is 63.0 Å². The van der Waals surface area contributed by atoms with Crippen LogP contribution in [0.25, 0.3) is 0 Å². The molecule has 0 aliphatic carbocycles. The molecule has 1 aromatic carbocycles. The molecule has 0 saturated carbocycles. The Labute approximate surface area is 156 Å². The number of hydrogen-bond acceptors (Lipinski definition) is 3. The van der Waals surface area contributed by atoms with Crippen molar-refractivity contribution in [2.75, 3.05) is 31.6 Å². The maximum Gasteiger partial charge on any atom is 0.191 e. The highest BCUT2D eigenvalue weighted by Gasteiger charge is 2.23. The van der Waals surface area contributed by atoms with Crippen molar-refractivity contribution in [3.8, 4) is 0 Å². The van der Waals surface area contributed by atoms with Crippen molar-refractivity contribution in [1.29, 1.82) is 0 Å². The van der Waals surface area contributed by atoms with Crippen molar-refractivity contribution >= 4 is 11.6 Å². The van der Waals surface area contributed by atoms with Gasteiger partial charge in [-0.2, -0.15) is 5.10 Å². The monoisotopic (exact) mass is 354 g/mol. The molecule has 1 saturated heterocycles. The van der Waals surface area contributed by atoms with Crippen LogP contribution in [0.4, 0.5) is 5.69 Å². The van der Waals surface area contributed by atoms with Crippen molar-refractivity contribution in [1.82, 2.24) is 20.4 Å². The van der Waals surface area contributed by atoms with Gasteiger partial charge in [-0.05, 0) is 43.9 Å². The number of nitrogens with one attached hydrogen (secondary N) is 2. The van der Waals surface area contributed by atoms with Gasteiger partial charge < -0.3 is 15.5 Å². The van der Waals surface area contributed by atoms with E-state index >= 15 is 0 Å². The standard InChI is InChI=1S/C20H30N6/c1-16-6-8-19(9-7-16)26-12-10-18(15-26)24-20(21-2)22-11-4-5-17-13-23-25(3)14-17/h6-9,13-14,18H,4-5,10-12,15H2,1-3H3,(H2,21,22,24). The Morgan fingerprint density at radius 2 is 2.12 bits per heavy atom. The first kappa shape index (κ1) is 18.3. The molecule has 1 unspecified atom stereocenters. The summed E-state index contributed by atoms with van der Waals surface area (Å²) in [5.41, 5.74) is 3.89. The summed E-state index contributed by atoms with van der Waals surface area (Å²) in [4.78, 5) is 6.81. The van der Waals surface area contributed by atoms with Gasteiger partial charge in [0.05, 0.1) is 6.20 Å². The summed E-state index contributed by atoms with van der Waals surface area (Å²) in [6.45, 7) is 5.13. The molecule has 6 heteroatoms. The quantitative estimate of drug-likeness (QED) is 0.474. The van der Waals surface area contributed by atoms with Gasteiger partial charge in [0.25, 0.3) is 0 Å². The zero-order valence-corrected chi connectivity index (χ0v) is 16.1. The van der Waals surface area contributed by atoms with Crippen LogP contribution in [0.3, 0.4) is 0 Å². The van der Waals surface area contributed by atoms with Crippen molar-refractivity contribution in [2.24, 2.45) is 12.0 Å². The zero-order chi connectivity index (χ0) is 18.4. The fraction of sp³-hybridized carbons (Fsp3) is 0.500. The van der Waals surface area contributed by atoms with E-state index in [9.17, 15) is 0 Å². The number of benzene rings is 1. The molecular formula is C20H30N6. The van der Waals surface area contributed by atoms with Gasteiger partial charge in [-0.3, -0.25) is 9.67 Å². The molecule has 3 rings (SSSR count). The lowest BCUT2D eigenvalue weighted by molar-refractivity contribution is 0.643. The molecule has 6 nitrogen and oxygen atoms in total. The Hall–Kier alpha value is -2.50. The SMILES string of the molecule is CN=C(NCCCc1cnn(C)c1)NC1CCN(c2ccc(C)cc2)C1. The average molecular weight is 355 g/mol. The molecule has 2 heterocycles. The van der Waals surface area contributed by atoms with Crippen LogP contribution in [-0.2, 0) is 13.5 Å². The fourth-order valence-electron chi connectivity index (χ4n) is 3.36. The number of aryl methyl sites for hydroxylation is 3. The lowest BCUT2D eigenvalue weighted by Crippen LogP contribution is -2.44. The Bertz CT molecular complexity index is 718. The van der Waals surface area contributed by atoms with Crippen molar-refractivity contribution in [2.45, 2.75) is 32.2 Å². The summed E-state index contributed by atoms with van der Waals surface area (Å²) in [7, 11) is 3.79. The Morgan fingerprint density at radius 3 is 2.81 bits per heavy atom. The number of nitrogens with zero attached hydrogens (tertiary/aromatic N) is 4. The predicted molar refractivity (Wildman–Crippen MR) is 108 cm³/mol. The molecule has 1 fully saturated rings. The van der Waals surface area contributed by atoms with E-state index in [1.54, 1.807) is 0 Å². The van der Waals surface area contributed by atoms with Gasteiger partial charge in [0.15, 0.2) is 5.96 Å². The van der Waals surface area contributed by atoms with Crippen LogP contribution in [0.2, 0.25) is 0 Å². The average Bonchev–Trinajstić information content (AvgIpc) is 3.27.